The molecule has 1 aliphatic carbocycles. The van der Waals surface area contributed by atoms with Crippen molar-refractivity contribution in [1.82, 2.24) is 9.80 Å². The first-order valence-electron chi connectivity index (χ1n) is 10.6. The summed E-state index contributed by atoms with van der Waals surface area (Å²) in [5.74, 6) is -2.50. The summed E-state index contributed by atoms with van der Waals surface area (Å²) in [6, 6.07) is 8.13. The van der Waals surface area contributed by atoms with E-state index >= 15 is 0 Å². The van der Waals surface area contributed by atoms with Gasteiger partial charge in [-0.25, -0.2) is 8.78 Å². The highest BCUT2D eigenvalue weighted by molar-refractivity contribution is 6.03. The highest BCUT2D eigenvalue weighted by Crippen LogP contribution is 2.47. The number of aromatic hydroxyl groups is 1. The molecule has 0 unspecified atom stereocenters. The number of phenolic OH excluding ortho intramolecular Hbond substituents is 1. The van der Waals surface area contributed by atoms with Gasteiger partial charge >= 0.3 is 0 Å². The minimum absolute atomic E-state index is 0.0670. The van der Waals surface area contributed by atoms with Gasteiger partial charge in [0.25, 0.3) is 0 Å². The number of nitrogens with zero attached hydrogens (tertiary/aromatic N) is 2. The molecule has 0 spiro atoms. The zero-order valence-electron chi connectivity index (χ0n) is 18.4. The molecule has 4 rings (SSSR count). The number of hydrogen-bond acceptors (Lipinski definition) is 4. The quantitative estimate of drug-likeness (QED) is 0.713. The molecule has 170 valence electrons. The molecular weight excluding hydrogens is 416 g/mol. The minimum atomic E-state index is -0.897. The molecule has 1 heterocycles. The number of fused-ring (bicyclic) bond motifs is 4. The van der Waals surface area contributed by atoms with Crippen molar-refractivity contribution >= 4 is 17.5 Å². The van der Waals surface area contributed by atoms with Crippen LogP contribution in [0.4, 0.5) is 14.5 Å². The Hall–Kier alpha value is -3.00. The Kier molecular flexibility index (Phi) is 5.67. The lowest BCUT2D eigenvalue weighted by molar-refractivity contribution is -0.139. The minimum Gasteiger partial charge on any atom is -0.508 e. The van der Waals surface area contributed by atoms with E-state index in [1.54, 1.807) is 24.1 Å². The third-order valence-corrected chi connectivity index (χ3v) is 7.03. The number of nitrogens with one attached hydrogen (secondary N) is 1. The SMILES string of the molecule is CN1CC[C@@]2(C)c3cc(O)ccc3C[C@@H]1[C@@H]2N(C)C(=O)CC(=O)Nc1ccc(F)cc1F. The van der Waals surface area contributed by atoms with Gasteiger partial charge in [0, 0.05) is 24.6 Å². The van der Waals surface area contributed by atoms with Gasteiger partial charge in [-0.3, -0.25) is 9.59 Å². The fourth-order valence-corrected chi connectivity index (χ4v) is 5.34. The van der Waals surface area contributed by atoms with E-state index in [9.17, 15) is 23.5 Å². The highest BCUT2D eigenvalue weighted by Gasteiger charge is 2.52. The maximum absolute atomic E-state index is 13.8. The van der Waals surface area contributed by atoms with E-state index in [4.69, 9.17) is 0 Å². The second-order valence-electron chi connectivity index (χ2n) is 9.06. The van der Waals surface area contributed by atoms with E-state index in [0.717, 1.165) is 42.6 Å². The second kappa shape index (κ2) is 8.16. The van der Waals surface area contributed by atoms with Gasteiger partial charge in [0.05, 0.1) is 11.7 Å². The van der Waals surface area contributed by atoms with E-state index < -0.39 is 24.0 Å². The second-order valence-corrected chi connectivity index (χ2v) is 9.06. The summed E-state index contributed by atoms with van der Waals surface area (Å²) in [6.45, 7) is 2.96. The third kappa shape index (κ3) is 3.83. The number of amides is 2. The lowest BCUT2D eigenvalue weighted by Crippen LogP contribution is -2.67. The van der Waals surface area contributed by atoms with Crippen molar-refractivity contribution in [2.24, 2.45) is 0 Å². The van der Waals surface area contributed by atoms with Crippen LogP contribution >= 0.6 is 0 Å². The number of hydrogen-bond donors (Lipinski definition) is 2. The molecule has 1 saturated heterocycles. The van der Waals surface area contributed by atoms with Crippen LogP contribution in [0.25, 0.3) is 0 Å². The molecule has 8 heteroatoms. The Labute approximate surface area is 185 Å². The van der Waals surface area contributed by atoms with Gasteiger partial charge in [0.2, 0.25) is 11.8 Å². The number of likely N-dealkylation sites (N-methyl/N-ethyl adjacent to an activating group) is 2. The van der Waals surface area contributed by atoms with Crippen molar-refractivity contribution in [3.8, 4) is 5.75 Å². The van der Waals surface area contributed by atoms with Crippen LogP contribution in [0.1, 0.15) is 30.9 Å². The fourth-order valence-electron chi connectivity index (χ4n) is 5.34. The predicted molar refractivity (Wildman–Crippen MR) is 116 cm³/mol. The molecule has 2 N–H and O–H groups in total. The number of carbonyl (C=O) groups is 2. The van der Waals surface area contributed by atoms with E-state index in [-0.39, 0.29) is 34.8 Å². The van der Waals surface area contributed by atoms with Crippen LogP contribution in [-0.4, -0.2) is 59.4 Å². The summed E-state index contributed by atoms with van der Waals surface area (Å²) in [7, 11) is 3.72. The molecule has 0 radical (unpaired) electrons. The number of likely N-dealkylation sites (tertiary alicyclic amines) is 1. The fraction of sp³-hybridized carbons (Fsp3) is 0.417. The molecule has 32 heavy (non-hydrogen) atoms. The zero-order valence-corrected chi connectivity index (χ0v) is 18.4. The Morgan fingerprint density at radius 1 is 1.25 bits per heavy atom. The molecular formula is C24H27F2N3O3. The number of carbonyl (C=O) groups excluding carboxylic acids is 2. The van der Waals surface area contributed by atoms with Crippen LogP contribution in [0.15, 0.2) is 36.4 Å². The van der Waals surface area contributed by atoms with Gasteiger partial charge in [-0.2, -0.15) is 0 Å². The van der Waals surface area contributed by atoms with Crippen molar-refractivity contribution in [2.45, 2.75) is 43.7 Å². The van der Waals surface area contributed by atoms with E-state index in [1.165, 1.54) is 0 Å². The van der Waals surface area contributed by atoms with Crippen molar-refractivity contribution in [3.63, 3.8) is 0 Å². The van der Waals surface area contributed by atoms with Gasteiger partial charge < -0.3 is 20.2 Å². The third-order valence-electron chi connectivity index (χ3n) is 7.03. The summed E-state index contributed by atoms with van der Waals surface area (Å²) >= 11 is 0. The summed E-state index contributed by atoms with van der Waals surface area (Å²) in [5.41, 5.74) is 1.64. The molecule has 1 fully saturated rings. The van der Waals surface area contributed by atoms with Gasteiger partial charge in [-0.1, -0.05) is 13.0 Å². The first kappa shape index (κ1) is 22.2. The van der Waals surface area contributed by atoms with Crippen molar-refractivity contribution in [1.29, 1.82) is 0 Å². The van der Waals surface area contributed by atoms with Crippen molar-refractivity contribution < 1.29 is 23.5 Å². The Balaban J connectivity index is 1.55. The van der Waals surface area contributed by atoms with E-state index in [1.807, 2.05) is 13.1 Å². The van der Waals surface area contributed by atoms with Crippen LogP contribution < -0.4 is 5.32 Å². The van der Waals surface area contributed by atoms with Crippen LogP contribution in [-0.2, 0) is 21.4 Å². The number of benzene rings is 2. The number of rotatable bonds is 4. The average molecular weight is 443 g/mol. The largest absolute Gasteiger partial charge is 0.508 e. The molecule has 0 saturated carbocycles. The Bertz CT molecular complexity index is 1080. The lowest BCUT2D eigenvalue weighted by atomic mass is 9.61. The smallest absolute Gasteiger partial charge is 0.233 e. The van der Waals surface area contributed by atoms with Gasteiger partial charge in [0.15, 0.2) is 0 Å². The van der Waals surface area contributed by atoms with Crippen molar-refractivity contribution in [2.75, 3.05) is 26.0 Å². The predicted octanol–water partition coefficient (Wildman–Crippen LogP) is 3.04. The van der Waals surface area contributed by atoms with Gasteiger partial charge in [-0.15, -0.1) is 0 Å². The topological polar surface area (TPSA) is 72.9 Å². The van der Waals surface area contributed by atoms with Crippen molar-refractivity contribution in [3.05, 3.63) is 59.2 Å². The lowest BCUT2D eigenvalue weighted by Gasteiger charge is -2.57. The summed E-state index contributed by atoms with van der Waals surface area (Å²) < 4.78 is 26.9. The summed E-state index contributed by atoms with van der Waals surface area (Å²) in [6.07, 6.45) is 1.08. The van der Waals surface area contributed by atoms with E-state index in [2.05, 4.69) is 17.1 Å². The van der Waals surface area contributed by atoms with Gasteiger partial charge in [-0.05, 0) is 61.8 Å². The van der Waals surface area contributed by atoms with Crippen LogP contribution in [0, 0.1) is 11.6 Å². The molecule has 3 atom stereocenters. The molecule has 2 aromatic carbocycles. The normalized spacial score (nSPS) is 24.5. The molecule has 6 nitrogen and oxygen atoms in total. The molecule has 2 bridgehead atoms. The summed E-state index contributed by atoms with van der Waals surface area (Å²) in [4.78, 5) is 29.4. The monoisotopic (exact) mass is 443 g/mol. The van der Waals surface area contributed by atoms with Gasteiger partial charge in [0.1, 0.15) is 23.8 Å². The van der Waals surface area contributed by atoms with E-state index in [0.29, 0.717) is 6.07 Å². The zero-order chi connectivity index (χ0) is 23.2. The first-order valence-corrected chi connectivity index (χ1v) is 10.6. The number of piperidine rings is 1. The molecule has 0 aromatic heterocycles. The Morgan fingerprint density at radius 3 is 2.72 bits per heavy atom. The Morgan fingerprint density at radius 2 is 2.00 bits per heavy atom. The molecule has 1 aliphatic heterocycles. The number of anilines is 1. The summed E-state index contributed by atoms with van der Waals surface area (Å²) in [5, 5.41) is 12.4. The number of phenols is 1. The van der Waals surface area contributed by atoms with Crippen LogP contribution in [0.2, 0.25) is 0 Å². The first-order chi connectivity index (χ1) is 15.1. The van der Waals surface area contributed by atoms with Crippen LogP contribution in [0.3, 0.4) is 0 Å². The maximum atomic E-state index is 13.8. The number of halogens is 2. The molecule has 2 aromatic rings. The average Bonchev–Trinajstić information content (AvgIpc) is 2.73. The standard InChI is InChI=1S/C24H27F2N3O3/c1-24-8-9-28(2)20(10-14-4-6-16(30)12-17(14)24)23(24)29(3)22(32)13-21(31)27-19-7-5-15(25)11-18(19)26/h4-7,11-12,20,23,30H,8-10,13H2,1-3H3,(H,27,31)/t20-,23+,24+/m1/s1. The highest BCUT2D eigenvalue weighted by atomic mass is 19.1. The van der Waals surface area contributed by atoms with Crippen LogP contribution in [0.5, 0.6) is 5.75 Å². The molecule has 2 amide bonds. The molecule has 2 aliphatic rings. The maximum Gasteiger partial charge on any atom is 0.233 e.